The third-order valence-electron chi connectivity index (χ3n) is 3.98. The normalized spacial score (nSPS) is 11.4. The Morgan fingerprint density at radius 2 is 1.81 bits per heavy atom. The lowest BCUT2D eigenvalue weighted by Crippen LogP contribution is -2.22. The molecule has 0 aliphatic carbocycles. The highest BCUT2D eigenvalue weighted by molar-refractivity contribution is 7.89. The van der Waals surface area contributed by atoms with Gasteiger partial charge in [0.2, 0.25) is 10.0 Å². The van der Waals surface area contributed by atoms with Crippen molar-refractivity contribution >= 4 is 27.3 Å². The summed E-state index contributed by atoms with van der Waals surface area (Å²) in [5.41, 5.74) is 1.23. The second kappa shape index (κ2) is 7.22. The molecule has 2 aromatic rings. The molecule has 0 aliphatic heterocycles. The molecule has 0 unspecified atom stereocenters. The van der Waals surface area contributed by atoms with Crippen molar-refractivity contribution in [1.29, 1.82) is 0 Å². The highest BCUT2D eigenvalue weighted by atomic mass is 32.2. The van der Waals surface area contributed by atoms with Gasteiger partial charge >= 0.3 is 0 Å². The number of nitrogens with one attached hydrogen (secondary N) is 1. The second-order valence-corrected chi connectivity index (χ2v) is 8.08. The van der Waals surface area contributed by atoms with Crippen LogP contribution in [0.2, 0.25) is 0 Å². The zero-order valence-electron chi connectivity index (χ0n) is 14.8. The summed E-state index contributed by atoms with van der Waals surface area (Å²) < 4.78 is 25.6. The van der Waals surface area contributed by atoms with E-state index in [1.165, 1.54) is 51.4 Å². The molecule has 1 amide bonds. The van der Waals surface area contributed by atoms with Gasteiger partial charge in [-0.3, -0.25) is 14.9 Å². The Morgan fingerprint density at radius 3 is 2.38 bits per heavy atom. The van der Waals surface area contributed by atoms with Gasteiger partial charge in [-0.1, -0.05) is 12.1 Å². The van der Waals surface area contributed by atoms with Crippen LogP contribution >= 0.6 is 0 Å². The smallest absolute Gasteiger partial charge is 0.273 e. The average Bonchev–Trinajstić information content (AvgIpc) is 2.56. The Hall–Kier alpha value is -2.78. The molecule has 2 rings (SSSR count). The number of sulfonamides is 1. The minimum atomic E-state index is -3.65. The van der Waals surface area contributed by atoms with Crippen molar-refractivity contribution < 1.29 is 18.1 Å². The van der Waals surface area contributed by atoms with Crippen LogP contribution in [0.1, 0.15) is 21.5 Å². The number of nitrogens with zero attached hydrogens (tertiary/aromatic N) is 2. The molecule has 0 fully saturated rings. The van der Waals surface area contributed by atoms with Gasteiger partial charge in [-0.2, -0.15) is 0 Å². The van der Waals surface area contributed by atoms with Gasteiger partial charge in [0.25, 0.3) is 11.6 Å². The van der Waals surface area contributed by atoms with Crippen molar-refractivity contribution in [3.05, 3.63) is 63.2 Å². The van der Waals surface area contributed by atoms with Gasteiger partial charge in [-0.25, -0.2) is 12.7 Å². The molecule has 0 aromatic heterocycles. The number of hydrogen-bond donors (Lipinski definition) is 1. The fourth-order valence-corrected chi connectivity index (χ4v) is 3.29. The molecule has 0 aliphatic rings. The lowest BCUT2D eigenvalue weighted by Gasteiger charge is -2.15. The van der Waals surface area contributed by atoms with Crippen molar-refractivity contribution in [3.8, 4) is 0 Å². The van der Waals surface area contributed by atoms with Gasteiger partial charge in [0, 0.05) is 37.0 Å². The Bertz CT molecular complexity index is 984. The second-order valence-electron chi connectivity index (χ2n) is 5.93. The summed E-state index contributed by atoms with van der Waals surface area (Å²) in [5, 5.41) is 13.7. The van der Waals surface area contributed by atoms with Gasteiger partial charge in [0.1, 0.15) is 0 Å². The molecule has 2 aromatic carbocycles. The largest absolute Gasteiger partial charge is 0.322 e. The van der Waals surface area contributed by atoms with Crippen LogP contribution in [-0.2, 0) is 10.0 Å². The quantitative estimate of drug-likeness (QED) is 0.636. The van der Waals surface area contributed by atoms with E-state index in [9.17, 15) is 23.3 Å². The molecule has 0 atom stereocenters. The standard InChI is InChI=1S/C17H19N3O5S/c1-11-8-9-13(26(24,25)19(3)4)10-15(11)18-17(21)14-6-5-7-16(12(14)2)20(22)23/h5-10H,1-4H3,(H,18,21). The van der Waals surface area contributed by atoms with E-state index in [4.69, 9.17) is 0 Å². The third kappa shape index (κ3) is 3.73. The molecule has 8 nitrogen and oxygen atoms in total. The zero-order valence-corrected chi connectivity index (χ0v) is 15.6. The minimum Gasteiger partial charge on any atom is -0.322 e. The molecule has 0 saturated carbocycles. The van der Waals surface area contributed by atoms with E-state index >= 15 is 0 Å². The maximum absolute atomic E-state index is 12.6. The first-order valence-electron chi connectivity index (χ1n) is 7.64. The molecule has 26 heavy (non-hydrogen) atoms. The van der Waals surface area contributed by atoms with Crippen LogP contribution < -0.4 is 5.32 Å². The van der Waals surface area contributed by atoms with Gasteiger partial charge in [-0.05, 0) is 37.6 Å². The number of nitro benzene ring substituents is 1. The minimum absolute atomic E-state index is 0.0409. The lowest BCUT2D eigenvalue weighted by molar-refractivity contribution is -0.385. The van der Waals surface area contributed by atoms with E-state index in [1.54, 1.807) is 13.0 Å². The first kappa shape index (κ1) is 19.5. The highest BCUT2D eigenvalue weighted by Crippen LogP contribution is 2.25. The molecule has 0 saturated heterocycles. The molecule has 138 valence electrons. The van der Waals surface area contributed by atoms with Crippen molar-refractivity contribution in [3.63, 3.8) is 0 Å². The summed E-state index contributed by atoms with van der Waals surface area (Å²) in [5.74, 6) is -0.547. The Balaban J connectivity index is 2.42. The third-order valence-corrected chi connectivity index (χ3v) is 5.79. The van der Waals surface area contributed by atoms with E-state index in [2.05, 4.69) is 5.32 Å². The fraction of sp³-hybridized carbons (Fsp3) is 0.235. The van der Waals surface area contributed by atoms with Crippen LogP contribution in [0.15, 0.2) is 41.3 Å². The average molecular weight is 377 g/mol. The molecule has 0 heterocycles. The van der Waals surface area contributed by atoms with E-state index in [1.807, 2.05) is 0 Å². The number of carbonyl (C=O) groups is 1. The monoisotopic (exact) mass is 377 g/mol. The van der Waals surface area contributed by atoms with Crippen molar-refractivity contribution in [1.82, 2.24) is 4.31 Å². The zero-order chi connectivity index (χ0) is 19.6. The summed E-state index contributed by atoms with van der Waals surface area (Å²) in [7, 11) is -0.817. The van der Waals surface area contributed by atoms with Gasteiger partial charge in [0.15, 0.2) is 0 Å². The summed E-state index contributed by atoms with van der Waals surface area (Å²) >= 11 is 0. The van der Waals surface area contributed by atoms with Gasteiger partial charge in [0.05, 0.1) is 9.82 Å². The molecule has 9 heteroatoms. The van der Waals surface area contributed by atoms with Crippen molar-refractivity contribution in [2.75, 3.05) is 19.4 Å². The van der Waals surface area contributed by atoms with Crippen LogP contribution in [0.4, 0.5) is 11.4 Å². The van der Waals surface area contributed by atoms with Crippen LogP contribution in [-0.4, -0.2) is 37.6 Å². The number of carbonyl (C=O) groups excluding carboxylic acids is 1. The van der Waals surface area contributed by atoms with Crippen LogP contribution in [0, 0.1) is 24.0 Å². The molecule has 0 spiro atoms. The number of aryl methyl sites for hydroxylation is 1. The van der Waals surface area contributed by atoms with Crippen LogP contribution in [0.25, 0.3) is 0 Å². The molecule has 0 bridgehead atoms. The summed E-state index contributed by atoms with van der Waals surface area (Å²) in [6.07, 6.45) is 0. The lowest BCUT2D eigenvalue weighted by atomic mass is 10.1. The number of rotatable bonds is 5. The molecular weight excluding hydrogens is 358 g/mol. The number of hydrogen-bond acceptors (Lipinski definition) is 5. The molecule has 1 N–H and O–H groups in total. The first-order chi connectivity index (χ1) is 12.1. The van der Waals surface area contributed by atoms with E-state index in [0.29, 0.717) is 11.3 Å². The van der Waals surface area contributed by atoms with E-state index < -0.39 is 20.9 Å². The Morgan fingerprint density at radius 1 is 1.15 bits per heavy atom. The topological polar surface area (TPSA) is 110 Å². The summed E-state index contributed by atoms with van der Waals surface area (Å²) in [4.78, 5) is 23.1. The number of amides is 1. The summed E-state index contributed by atoms with van der Waals surface area (Å²) in [6.45, 7) is 3.22. The van der Waals surface area contributed by atoms with E-state index in [0.717, 1.165) is 4.31 Å². The SMILES string of the molecule is Cc1ccc(S(=O)(=O)N(C)C)cc1NC(=O)c1cccc([N+](=O)[O-])c1C. The maximum Gasteiger partial charge on any atom is 0.273 e. The van der Waals surface area contributed by atoms with Crippen LogP contribution in [0.3, 0.4) is 0 Å². The van der Waals surface area contributed by atoms with Gasteiger partial charge in [-0.15, -0.1) is 0 Å². The fourth-order valence-electron chi connectivity index (χ4n) is 2.36. The number of benzene rings is 2. The maximum atomic E-state index is 12.6. The van der Waals surface area contributed by atoms with E-state index in [-0.39, 0.29) is 21.7 Å². The molecular formula is C17H19N3O5S. The highest BCUT2D eigenvalue weighted by Gasteiger charge is 2.21. The van der Waals surface area contributed by atoms with Crippen molar-refractivity contribution in [2.45, 2.75) is 18.7 Å². The van der Waals surface area contributed by atoms with Crippen molar-refractivity contribution in [2.24, 2.45) is 0 Å². The van der Waals surface area contributed by atoms with Crippen LogP contribution in [0.5, 0.6) is 0 Å². The number of nitro groups is 1. The Labute approximate surface area is 151 Å². The number of anilines is 1. The first-order valence-corrected chi connectivity index (χ1v) is 9.08. The predicted molar refractivity (Wildman–Crippen MR) is 97.8 cm³/mol. The predicted octanol–water partition coefficient (Wildman–Crippen LogP) is 2.71. The Kier molecular flexibility index (Phi) is 5.43. The molecule has 0 radical (unpaired) electrons. The van der Waals surface area contributed by atoms with Gasteiger partial charge < -0.3 is 5.32 Å². The summed E-state index contributed by atoms with van der Waals surface area (Å²) in [6, 6.07) is 8.65.